The Bertz CT molecular complexity index is 807. The minimum Gasteiger partial charge on any atom is -0.403 e. The van der Waals surface area contributed by atoms with Crippen molar-refractivity contribution in [1.82, 2.24) is 4.98 Å². The summed E-state index contributed by atoms with van der Waals surface area (Å²) in [5, 5.41) is 12.9. The molecule has 1 aromatic heterocycles. The second kappa shape index (κ2) is 7.36. The second-order valence-corrected chi connectivity index (χ2v) is 7.31. The highest BCUT2D eigenvalue weighted by Crippen LogP contribution is 2.47. The average molecular weight is 386 g/mol. The van der Waals surface area contributed by atoms with Crippen molar-refractivity contribution in [1.29, 1.82) is 0 Å². The molecule has 0 amide bonds. The molecule has 0 aliphatic rings. The molecule has 1 heterocycles. The molecule has 0 saturated carbocycles. The van der Waals surface area contributed by atoms with Gasteiger partial charge in [-0.15, -0.1) is 24.5 Å². The predicted molar refractivity (Wildman–Crippen MR) is 97.3 cm³/mol. The number of benzene rings is 1. The largest absolute Gasteiger partial charge is 0.573 e. The van der Waals surface area contributed by atoms with Crippen molar-refractivity contribution in [2.45, 2.75) is 53.0 Å². The fourth-order valence-electron chi connectivity index (χ4n) is 2.40. The summed E-state index contributed by atoms with van der Waals surface area (Å²) in [5.74, 6) is -0.476. The Labute approximate surface area is 154 Å². The van der Waals surface area contributed by atoms with Gasteiger partial charge in [0.15, 0.2) is 5.75 Å². The Morgan fingerprint density at radius 2 is 2.00 bits per heavy atom. The maximum absolute atomic E-state index is 13.1. The summed E-state index contributed by atoms with van der Waals surface area (Å²) in [7, 11) is 0. The molecule has 0 aliphatic heterocycles. The first-order valence-corrected chi connectivity index (χ1v) is 8.92. The molecule has 0 spiro atoms. The number of aliphatic imine (C=N–C) groups is 1. The third-order valence-electron chi connectivity index (χ3n) is 3.86. The van der Waals surface area contributed by atoms with E-state index in [2.05, 4.69) is 14.7 Å². The van der Waals surface area contributed by atoms with Crippen LogP contribution >= 0.6 is 11.3 Å². The summed E-state index contributed by atoms with van der Waals surface area (Å²) < 4.78 is 43.5. The zero-order valence-corrected chi connectivity index (χ0v) is 16.0. The number of hydrogen-bond donors (Lipinski definition) is 1. The van der Waals surface area contributed by atoms with Crippen molar-refractivity contribution in [2.24, 2.45) is 4.99 Å². The van der Waals surface area contributed by atoms with Gasteiger partial charge in [-0.3, -0.25) is 4.99 Å². The molecule has 2 aromatic rings. The van der Waals surface area contributed by atoms with Gasteiger partial charge in [0.25, 0.3) is 0 Å². The van der Waals surface area contributed by atoms with Crippen LogP contribution in [0.5, 0.6) is 5.75 Å². The molecule has 142 valence electrons. The second-order valence-electron chi connectivity index (χ2n) is 6.42. The van der Waals surface area contributed by atoms with Gasteiger partial charge in [0.1, 0.15) is 10.7 Å². The van der Waals surface area contributed by atoms with Gasteiger partial charge in [-0.1, -0.05) is 6.92 Å². The SMILES string of the molecule is CCC(C)=Nc1c(C)c(-c2nccs2)cc(C(C)(C)O)c1OC(F)(F)F. The van der Waals surface area contributed by atoms with E-state index >= 15 is 0 Å². The number of rotatable bonds is 5. The molecule has 0 radical (unpaired) electrons. The summed E-state index contributed by atoms with van der Waals surface area (Å²) in [6, 6.07) is 1.50. The Morgan fingerprint density at radius 3 is 2.46 bits per heavy atom. The number of alkyl halides is 3. The van der Waals surface area contributed by atoms with E-state index in [-0.39, 0.29) is 11.3 Å². The van der Waals surface area contributed by atoms with Crippen LogP contribution in [-0.2, 0) is 5.60 Å². The third kappa shape index (κ3) is 4.62. The van der Waals surface area contributed by atoms with Gasteiger partial charge in [0.05, 0.1) is 5.60 Å². The lowest BCUT2D eigenvalue weighted by atomic mass is 9.91. The quantitative estimate of drug-likeness (QED) is 0.666. The fourth-order valence-corrected chi connectivity index (χ4v) is 3.11. The highest BCUT2D eigenvalue weighted by Gasteiger charge is 2.37. The maximum atomic E-state index is 13.1. The molecule has 1 N–H and O–H groups in total. The monoisotopic (exact) mass is 386 g/mol. The third-order valence-corrected chi connectivity index (χ3v) is 4.67. The Kier molecular flexibility index (Phi) is 5.77. The molecule has 0 saturated heterocycles. The van der Waals surface area contributed by atoms with Crippen LogP contribution in [0.4, 0.5) is 18.9 Å². The van der Waals surface area contributed by atoms with Gasteiger partial charge < -0.3 is 9.84 Å². The zero-order valence-electron chi connectivity index (χ0n) is 15.2. The van der Waals surface area contributed by atoms with E-state index in [1.54, 1.807) is 25.4 Å². The topological polar surface area (TPSA) is 54.7 Å². The van der Waals surface area contributed by atoms with Crippen LogP contribution in [-0.4, -0.2) is 22.2 Å². The smallest absolute Gasteiger partial charge is 0.403 e. The summed E-state index contributed by atoms with van der Waals surface area (Å²) in [6.07, 6.45) is -2.71. The van der Waals surface area contributed by atoms with Crippen LogP contribution in [0.2, 0.25) is 0 Å². The molecular weight excluding hydrogens is 365 g/mol. The van der Waals surface area contributed by atoms with Crippen molar-refractivity contribution < 1.29 is 23.0 Å². The van der Waals surface area contributed by atoms with Gasteiger partial charge >= 0.3 is 6.36 Å². The Hall–Kier alpha value is -1.93. The van der Waals surface area contributed by atoms with E-state index in [4.69, 9.17) is 0 Å². The average Bonchev–Trinajstić information content (AvgIpc) is 3.02. The lowest BCUT2D eigenvalue weighted by molar-refractivity contribution is -0.275. The van der Waals surface area contributed by atoms with E-state index < -0.39 is 17.7 Å². The first kappa shape index (κ1) is 20.4. The molecule has 0 aliphatic carbocycles. The van der Waals surface area contributed by atoms with Crippen molar-refractivity contribution in [3.8, 4) is 16.3 Å². The molecule has 0 bridgehead atoms. The fraction of sp³-hybridized carbons (Fsp3) is 0.444. The van der Waals surface area contributed by atoms with E-state index in [0.29, 0.717) is 28.3 Å². The minimum absolute atomic E-state index is 0.00766. The number of hydrogen-bond acceptors (Lipinski definition) is 5. The summed E-state index contributed by atoms with van der Waals surface area (Å²) in [4.78, 5) is 8.60. The van der Waals surface area contributed by atoms with Crippen molar-refractivity contribution in [2.75, 3.05) is 0 Å². The molecule has 0 fully saturated rings. The number of ether oxygens (including phenoxy) is 1. The lowest BCUT2D eigenvalue weighted by Crippen LogP contribution is -2.23. The standard InChI is InChI=1S/C18H21F3N2O2S/c1-6-10(2)23-14-11(3)12(16-22-7-8-26-16)9-13(17(4,5)24)15(14)25-18(19,20)21/h7-9,24H,6H2,1-5H3. The van der Waals surface area contributed by atoms with Crippen molar-refractivity contribution >= 4 is 22.7 Å². The molecule has 4 nitrogen and oxygen atoms in total. The van der Waals surface area contributed by atoms with Crippen LogP contribution in [0.3, 0.4) is 0 Å². The van der Waals surface area contributed by atoms with Gasteiger partial charge in [-0.05, 0) is 45.7 Å². The number of thiazole rings is 1. The van der Waals surface area contributed by atoms with Crippen molar-refractivity contribution in [3.05, 3.63) is 28.8 Å². The highest BCUT2D eigenvalue weighted by molar-refractivity contribution is 7.13. The van der Waals surface area contributed by atoms with Crippen LogP contribution in [0.1, 0.15) is 45.2 Å². The van der Waals surface area contributed by atoms with Crippen LogP contribution in [0.15, 0.2) is 22.6 Å². The minimum atomic E-state index is -4.90. The summed E-state index contributed by atoms with van der Waals surface area (Å²) in [5.41, 5.74) is 0.289. The highest BCUT2D eigenvalue weighted by atomic mass is 32.1. The summed E-state index contributed by atoms with van der Waals surface area (Å²) >= 11 is 1.36. The van der Waals surface area contributed by atoms with E-state index in [0.717, 1.165) is 0 Å². The Balaban J connectivity index is 2.89. The zero-order chi connectivity index (χ0) is 19.7. The van der Waals surface area contributed by atoms with Gasteiger partial charge in [-0.2, -0.15) is 0 Å². The number of nitrogens with zero attached hydrogens (tertiary/aromatic N) is 2. The molecule has 26 heavy (non-hydrogen) atoms. The molecule has 2 rings (SSSR count). The van der Waals surface area contributed by atoms with E-state index in [1.807, 2.05) is 6.92 Å². The molecular formula is C18H21F3N2O2S. The number of aliphatic hydroxyl groups is 1. The summed E-state index contributed by atoms with van der Waals surface area (Å²) in [6.45, 7) is 8.09. The van der Waals surface area contributed by atoms with Crippen LogP contribution in [0, 0.1) is 6.92 Å². The van der Waals surface area contributed by atoms with Gasteiger partial charge in [0, 0.05) is 28.4 Å². The van der Waals surface area contributed by atoms with Crippen molar-refractivity contribution in [3.63, 3.8) is 0 Å². The van der Waals surface area contributed by atoms with E-state index in [1.165, 1.54) is 31.3 Å². The van der Waals surface area contributed by atoms with E-state index in [9.17, 15) is 18.3 Å². The first-order chi connectivity index (χ1) is 11.9. The van der Waals surface area contributed by atoms with Crippen LogP contribution < -0.4 is 4.74 Å². The lowest BCUT2D eigenvalue weighted by Gasteiger charge is -2.26. The van der Waals surface area contributed by atoms with Crippen LogP contribution in [0.25, 0.3) is 10.6 Å². The van der Waals surface area contributed by atoms with Gasteiger partial charge in [-0.25, -0.2) is 4.98 Å². The predicted octanol–water partition coefficient (Wildman–Crippen LogP) is 5.75. The maximum Gasteiger partial charge on any atom is 0.573 e. The molecule has 0 atom stereocenters. The number of aromatic nitrogens is 1. The van der Waals surface area contributed by atoms with Gasteiger partial charge in [0.2, 0.25) is 0 Å². The molecule has 1 aromatic carbocycles. The Morgan fingerprint density at radius 1 is 1.35 bits per heavy atom. The molecule has 8 heteroatoms. The normalized spacial score (nSPS) is 13.2. The molecule has 0 unspecified atom stereocenters. The first-order valence-electron chi connectivity index (χ1n) is 8.04. The number of halogens is 3.